The minimum Gasteiger partial charge on any atom is -0.507 e. The molecule has 15 aromatic rings. The number of ether oxygens (including phenoxy) is 8. The molecule has 33 heteroatoms. The van der Waals surface area contributed by atoms with Crippen LogP contribution >= 0.6 is 0 Å². The van der Waals surface area contributed by atoms with Gasteiger partial charge in [-0.05, 0) is 51.3 Å². The molecule has 0 radical (unpaired) electrons. The number of aromatic amines is 3. The van der Waals surface area contributed by atoms with Gasteiger partial charge in [0.2, 0.25) is 11.7 Å². The monoisotopic (exact) mass is 1980 g/mol. The maximum atomic E-state index is 12.9. The van der Waals surface area contributed by atoms with Gasteiger partial charge in [-0.1, -0.05) is 241 Å². The molecule has 0 bridgehead atoms. The summed E-state index contributed by atoms with van der Waals surface area (Å²) in [5, 5.41) is 47.7. The van der Waals surface area contributed by atoms with Gasteiger partial charge in [0.1, 0.15) is 83.4 Å². The number of fused-ring (bicyclic) bond motifs is 11. The van der Waals surface area contributed by atoms with Crippen molar-refractivity contribution in [2.24, 2.45) is 0 Å². The number of carbonyl (C=O) groups excluding carboxylic acids is 3. The number of nitrogen functional groups attached to an aromatic ring is 2. The van der Waals surface area contributed by atoms with E-state index in [0.717, 1.165) is 204 Å². The van der Waals surface area contributed by atoms with Gasteiger partial charge in [-0.15, -0.1) is 0 Å². The average molecular weight is 1980 g/mol. The SMILES string of the molecule is C.CC.CC(=O)O.CC(C(=O)Nc1c(N)cc(OCc2ccccc2)c2ccccc12)N1CCOCC1.CC(C(=O)O)N1CCOCC1.CC(c1nc2c([nH]1)C(=O)C(=O)c1ccccc1-2)N1CCOCC1.CC(c1nc2c(cc(O)c3ccccc32)[nH]1)N1CCOCC1.CC(c1nc2c(cc(OCc3ccccc3)c3ccccc32)[nH]1)N1CCOCC1.Nc1c([N+](=O)[O-])cc(OCc2ccccc2)c2ccccc12.[2H]C. The molecule has 8 heterocycles. The predicted octanol–water partition coefficient (Wildman–Crippen LogP) is 19.1. The first kappa shape index (κ1) is 108. The summed E-state index contributed by atoms with van der Waals surface area (Å²) in [6, 6.07) is 75.1. The number of nitrogens with zero attached hydrogens (tertiary/aromatic N) is 9. The molecular weight excluding hydrogens is 1840 g/mol. The number of phenolic OH excluding ortho intramolecular Hbond substituents is 1. The summed E-state index contributed by atoms with van der Waals surface area (Å²) >= 11 is 0. The minimum atomic E-state index is -0.833. The number of imidazole rings is 3. The Bertz CT molecular complexity index is 6820. The van der Waals surface area contributed by atoms with Crippen molar-refractivity contribution in [2.45, 2.75) is 120 Å². The van der Waals surface area contributed by atoms with E-state index in [2.05, 4.69) is 95.1 Å². The van der Waals surface area contributed by atoms with Gasteiger partial charge in [0, 0.05) is 146 Å². The number of morpholine rings is 5. The van der Waals surface area contributed by atoms with Crippen LogP contribution in [0.1, 0.15) is 145 Å². The third-order valence-corrected chi connectivity index (χ3v) is 25.7. The number of benzene rings is 12. The lowest BCUT2D eigenvalue weighted by Crippen LogP contribution is -2.47. The van der Waals surface area contributed by atoms with Crippen molar-refractivity contribution in [3.63, 3.8) is 0 Å². The molecule has 5 saturated heterocycles. The van der Waals surface area contributed by atoms with Gasteiger partial charge in [-0.3, -0.25) is 58.6 Å². The second kappa shape index (κ2) is 53.1. The Morgan fingerprint density at radius 3 is 1.20 bits per heavy atom. The van der Waals surface area contributed by atoms with Crippen molar-refractivity contribution in [1.29, 1.82) is 0 Å². The van der Waals surface area contributed by atoms with Crippen LogP contribution in [0.2, 0.25) is 0 Å². The Kier molecular flexibility index (Phi) is 39.4. The van der Waals surface area contributed by atoms with Gasteiger partial charge in [0.05, 0.1) is 135 Å². The van der Waals surface area contributed by atoms with Crippen LogP contribution in [0.3, 0.4) is 0 Å². The molecular formula is C112H133N15O18. The number of carboxylic acids is 2. The fraction of sp³-hybridized carbons (Fsp3) is 0.339. The van der Waals surface area contributed by atoms with E-state index in [-0.39, 0.29) is 60.7 Å². The zero-order chi connectivity index (χ0) is 103. The number of H-pyrrole nitrogens is 3. The number of nitro groups is 1. The fourth-order valence-corrected chi connectivity index (χ4v) is 17.6. The van der Waals surface area contributed by atoms with Gasteiger partial charge >= 0.3 is 5.97 Å². The number of amides is 1. The van der Waals surface area contributed by atoms with Crippen molar-refractivity contribution in [2.75, 3.05) is 148 Å². The quantitative estimate of drug-likeness (QED) is 0.0140. The van der Waals surface area contributed by atoms with Gasteiger partial charge in [0.15, 0.2) is 0 Å². The summed E-state index contributed by atoms with van der Waals surface area (Å²) in [5.41, 5.74) is 22.5. The van der Waals surface area contributed by atoms with E-state index in [9.17, 15) is 34.4 Å². The minimum absolute atomic E-state index is 0. The molecule has 21 rings (SSSR count). The van der Waals surface area contributed by atoms with E-state index in [0.29, 0.717) is 105 Å². The van der Waals surface area contributed by atoms with Crippen LogP contribution in [0.4, 0.5) is 22.7 Å². The van der Waals surface area contributed by atoms with Gasteiger partial charge in [-0.2, -0.15) is 0 Å². The van der Waals surface area contributed by atoms with E-state index < -0.39 is 28.4 Å². The Morgan fingerprint density at radius 2 is 0.772 bits per heavy atom. The Labute approximate surface area is 845 Å². The van der Waals surface area contributed by atoms with Gasteiger partial charge < -0.3 is 85.0 Å². The first-order valence-electron chi connectivity index (χ1n) is 49.3. The van der Waals surface area contributed by atoms with Gasteiger partial charge in [0.25, 0.3) is 17.4 Å². The molecule has 1 aliphatic carbocycles. The topological polar surface area (TPSA) is 429 Å². The number of hydrogen-bond donors (Lipinski definition) is 9. The lowest BCUT2D eigenvalue weighted by atomic mass is 9.90. The highest BCUT2D eigenvalue weighted by Crippen LogP contribution is 2.42. The van der Waals surface area contributed by atoms with Crippen molar-refractivity contribution in [3.05, 3.63) is 292 Å². The number of phenols is 1. The molecule has 5 atom stereocenters. The summed E-state index contributed by atoms with van der Waals surface area (Å²) in [7, 11) is 1.25. The zero-order valence-electron chi connectivity index (χ0n) is 83.8. The van der Waals surface area contributed by atoms with Crippen LogP contribution in [0.25, 0.3) is 76.4 Å². The van der Waals surface area contributed by atoms with Crippen LogP contribution in [0.5, 0.6) is 23.0 Å². The van der Waals surface area contributed by atoms with Gasteiger partial charge in [-0.25, -0.2) is 15.0 Å². The summed E-state index contributed by atoms with van der Waals surface area (Å²) in [6.07, 6.45) is 0. The Hall–Kier alpha value is -14.6. The van der Waals surface area contributed by atoms with Crippen molar-refractivity contribution in [1.82, 2.24) is 54.4 Å². The van der Waals surface area contributed by atoms with Crippen molar-refractivity contribution < 1.29 is 83.5 Å². The number of hydrogen-bond acceptors (Lipinski definition) is 26. The first-order valence-corrected chi connectivity index (χ1v) is 48.3. The van der Waals surface area contributed by atoms with Crippen LogP contribution in [-0.4, -0.2) is 248 Å². The van der Waals surface area contributed by atoms with E-state index in [1.165, 1.54) is 13.5 Å². The molecule has 6 aliphatic rings. The highest BCUT2D eigenvalue weighted by molar-refractivity contribution is 6.52. The number of carboxylic acid groups (broad SMARTS) is 2. The smallest absolute Gasteiger partial charge is 0.320 e. The van der Waals surface area contributed by atoms with E-state index in [1.807, 2.05) is 190 Å². The molecule has 145 heavy (non-hydrogen) atoms. The number of carbonyl (C=O) groups is 5. The fourth-order valence-electron chi connectivity index (χ4n) is 17.6. The summed E-state index contributed by atoms with van der Waals surface area (Å²) in [4.78, 5) is 103. The number of aliphatic carboxylic acids is 2. The van der Waals surface area contributed by atoms with E-state index in [4.69, 9.17) is 75.7 Å². The first-order chi connectivity index (χ1) is 70.4. The number of ketones is 2. The molecule has 0 saturated carbocycles. The maximum Gasteiger partial charge on any atom is 0.320 e. The second-order valence-corrected chi connectivity index (χ2v) is 34.7. The lowest BCUT2D eigenvalue weighted by molar-refractivity contribution is -0.383. The number of anilines is 3. The molecule has 5 fully saturated rings. The zero-order valence-corrected chi connectivity index (χ0v) is 82.8. The van der Waals surface area contributed by atoms with Crippen molar-refractivity contribution in [3.8, 4) is 34.3 Å². The molecule has 5 aliphatic heterocycles. The van der Waals surface area contributed by atoms with Crippen LogP contribution in [0, 0.1) is 10.1 Å². The molecule has 1 amide bonds. The Balaban J connectivity index is 0.000000156. The lowest BCUT2D eigenvalue weighted by Gasteiger charge is -2.31. The normalized spacial score (nSPS) is 15.9. The average Bonchev–Trinajstić information content (AvgIpc) is 1.58. The number of aromatic nitrogens is 6. The van der Waals surface area contributed by atoms with Crippen LogP contribution in [-0.2, 0) is 57.9 Å². The second-order valence-electron chi connectivity index (χ2n) is 34.7. The summed E-state index contributed by atoms with van der Waals surface area (Å²) < 4.78 is 50.6. The number of aromatic hydroxyl groups is 1. The third kappa shape index (κ3) is 27.7. The molecule has 764 valence electrons. The molecule has 3 aromatic heterocycles. The summed E-state index contributed by atoms with van der Waals surface area (Å²) in [6.45, 7) is 31.9. The standard InChI is InChI=1S/C24H27N3O3.C24H25N3O2.C17H17N3O3.C17H19N3O2.C17H14N2O3.C7H13NO3.C2H4O2.C2H6.2CH4/c1-17(27-11-13-29-14-12-27)24(28)26-23-20-10-6-5-9-19(20)22(15-21(23)25)30-16-18-7-3-2-4-8-18;1-17(27-11-13-28-14-12-27)24-25-21-15-22(29-16-18-7-3-2-4-8-18)19-9-5-6-10-20(19)23(21)26-24;1-10(20-6-8-23-9-7-20)17-18-13-11-4-2-3-5-12(11)15(21)16(22)14(13)19-17;1-11(20-6-8-22-9-7-20)17-18-14-10-15(21)12-4-2-3-5-13(12)16(14)19-17;18-17-14-9-5-4-8-13(14)16(10-15(17)19(20)21)22-11-12-6-2-1-3-7-12;1-6(7(9)10)8-2-4-11-5-3-8;1-2(3)4;1-2;;/h2-10,15,17H,11-14,16,25H2,1H3,(H,26,28);2-10,15,17H,11-14,16H2,1H3,(H,25,26);2-5,10H,6-9H2,1H3,(H,18,19);2-5,10-11,21H,6-9H2,1H3,(H,18,19);1-10H,11,18H2;6H,2-5H2,1H3,(H,9,10);1H3,(H,3,4);1-2H3;2*1H4/i;;;;;;;;1D;. The van der Waals surface area contributed by atoms with Crippen LogP contribution < -0.4 is 31.0 Å². The van der Waals surface area contributed by atoms with E-state index in [1.54, 1.807) is 43.3 Å². The number of Topliss-reactive ketones (excluding diaryl/α,β-unsaturated/α-hetero) is 2. The highest BCUT2D eigenvalue weighted by atomic mass is 16.6. The third-order valence-electron chi connectivity index (χ3n) is 25.7. The molecule has 33 nitrogen and oxygen atoms in total. The highest BCUT2D eigenvalue weighted by Gasteiger charge is 2.36. The molecule has 5 unspecified atom stereocenters. The maximum absolute atomic E-state index is 12.9. The largest absolute Gasteiger partial charge is 0.507 e. The molecule has 12 aromatic carbocycles. The van der Waals surface area contributed by atoms with E-state index >= 15 is 0 Å². The predicted molar refractivity (Wildman–Crippen MR) is 568 cm³/mol. The van der Waals surface area contributed by atoms with Crippen molar-refractivity contribution >= 4 is 117 Å². The molecule has 0 spiro atoms. The number of nitrogens with one attached hydrogen (secondary N) is 4. The molecule has 11 N–H and O–H groups in total. The summed E-state index contributed by atoms with van der Waals surface area (Å²) in [5.74, 6) is 2.33. The number of nitrogens with two attached hydrogens (primary N) is 2. The number of rotatable bonds is 21. The van der Waals surface area contributed by atoms with Crippen LogP contribution in [0.15, 0.2) is 237 Å². The Morgan fingerprint density at radius 1 is 0.441 bits per heavy atom. The number of nitro benzene ring substituents is 1.